The van der Waals surface area contributed by atoms with Gasteiger partial charge in [-0.3, -0.25) is 4.79 Å². The average molecular weight is 328 g/mol. The monoisotopic (exact) mass is 328 g/mol. The number of ether oxygens (including phenoxy) is 1. The minimum Gasteiger partial charge on any atom is -0.367 e. The van der Waals surface area contributed by atoms with E-state index in [0.717, 1.165) is 36.6 Å². The van der Waals surface area contributed by atoms with E-state index in [4.69, 9.17) is 4.74 Å². The summed E-state index contributed by atoms with van der Waals surface area (Å²) in [7, 11) is 0. The molecule has 128 valence electrons. The lowest BCUT2D eigenvalue weighted by Crippen LogP contribution is -2.42. The number of benzene rings is 1. The van der Waals surface area contributed by atoms with Gasteiger partial charge in [-0.2, -0.15) is 5.10 Å². The Morgan fingerprint density at radius 1 is 1.29 bits per heavy atom. The summed E-state index contributed by atoms with van der Waals surface area (Å²) in [6.45, 7) is 5.91. The van der Waals surface area contributed by atoms with Gasteiger partial charge in [-0.05, 0) is 32.3 Å². The summed E-state index contributed by atoms with van der Waals surface area (Å²) in [6, 6.07) is 10.1. The SMILES string of the molecule is Cc1nc(C)n([C@@H]2CCCN(C(=O)COCc3ccccc3)C2)n1. The molecule has 1 aromatic carbocycles. The van der Waals surface area contributed by atoms with E-state index < -0.39 is 0 Å². The fourth-order valence-electron chi connectivity index (χ4n) is 3.18. The third kappa shape index (κ3) is 4.00. The standard InChI is InChI=1S/C18H24N4O2/c1-14-19-15(2)22(20-14)17-9-6-10-21(11-17)18(23)13-24-12-16-7-4-3-5-8-16/h3-5,7-8,17H,6,9-13H2,1-2H3/t17-/m1/s1. The van der Waals surface area contributed by atoms with Gasteiger partial charge < -0.3 is 9.64 Å². The third-order valence-electron chi connectivity index (χ3n) is 4.34. The molecule has 0 N–H and O–H groups in total. The van der Waals surface area contributed by atoms with Crippen LogP contribution in [0.5, 0.6) is 0 Å². The number of likely N-dealkylation sites (tertiary alicyclic amines) is 1. The minimum absolute atomic E-state index is 0.0464. The van der Waals surface area contributed by atoms with Crippen molar-refractivity contribution >= 4 is 5.91 Å². The zero-order chi connectivity index (χ0) is 16.9. The van der Waals surface area contributed by atoms with Crippen molar-refractivity contribution in [2.75, 3.05) is 19.7 Å². The minimum atomic E-state index is 0.0464. The first-order chi connectivity index (χ1) is 11.6. The number of piperidine rings is 1. The molecule has 2 aromatic rings. The Kier molecular flexibility index (Phi) is 5.25. The molecule has 3 rings (SSSR count). The second-order valence-corrected chi connectivity index (χ2v) is 6.27. The fraction of sp³-hybridized carbons (Fsp3) is 0.500. The molecule has 24 heavy (non-hydrogen) atoms. The van der Waals surface area contributed by atoms with E-state index in [0.29, 0.717) is 13.2 Å². The van der Waals surface area contributed by atoms with Gasteiger partial charge in [0.2, 0.25) is 5.91 Å². The van der Waals surface area contributed by atoms with Gasteiger partial charge in [-0.25, -0.2) is 9.67 Å². The molecule has 0 radical (unpaired) electrons. The molecule has 6 nitrogen and oxygen atoms in total. The van der Waals surface area contributed by atoms with Gasteiger partial charge in [0.15, 0.2) is 0 Å². The van der Waals surface area contributed by atoms with Crippen LogP contribution in [0.25, 0.3) is 0 Å². The molecule has 0 saturated carbocycles. The van der Waals surface area contributed by atoms with Gasteiger partial charge in [0, 0.05) is 13.1 Å². The molecule has 1 aliphatic rings. The molecule has 6 heteroatoms. The number of rotatable bonds is 5. The Hall–Kier alpha value is -2.21. The molecule has 0 bridgehead atoms. The second kappa shape index (κ2) is 7.57. The zero-order valence-electron chi connectivity index (χ0n) is 14.3. The number of hydrogen-bond acceptors (Lipinski definition) is 4. The largest absolute Gasteiger partial charge is 0.367 e. The summed E-state index contributed by atoms with van der Waals surface area (Å²) >= 11 is 0. The number of aryl methyl sites for hydroxylation is 2. The molecule has 0 spiro atoms. The van der Waals surface area contributed by atoms with Crippen LogP contribution in [0.2, 0.25) is 0 Å². The van der Waals surface area contributed by atoms with E-state index in [1.54, 1.807) is 0 Å². The molecule has 2 heterocycles. The van der Waals surface area contributed by atoms with Crippen LogP contribution in [0.3, 0.4) is 0 Å². The molecule has 1 fully saturated rings. The Bertz CT molecular complexity index is 684. The average Bonchev–Trinajstić information content (AvgIpc) is 2.94. The summed E-state index contributed by atoms with van der Waals surface area (Å²) in [5.41, 5.74) is 1.08. The van der Waals surface area contributed by atoms with E-state index in [2.05, 4.69) is 10.1 Å². The fourth-order valence-corrected chi connectivity index (χ4v) is 3.18. The van der Waals surface area contributed by atoms with Crippen LogP contribution in [0.15, 0.2) is 30.3 Å². The van der Waals surface area contributed by atoms with Gasteiger partial charge in [0.25, 0.3) is 0 Å². The maximum atomic E-state index is 12.4. The van der Waals surface area contributed by atoms with Crippen LogP contribution in [0, 0.1) is 13.8 Å². The lowest BCUT2D eigenvalue weighted by molar-refractivity contribution is -0.138. The van der Waals surface area contributed by atoms with Crippen molar-refractivity contribution in [1.82, 2.24) is 19.7 Å². The summed E-state index contributed by atoms with van der Waals surface area (Å²) in [6.07, 6.45) is 2.01. The molecule has 0 aliphatic carbocycles. The zero-order valence-corrected chi connectivity index (χ0v) is 14.3. The summed E-state index contributed by atoms with van der Waals surface area (Å²) in [5.74, 6) is 1.74. The van der Waals surface area contributed by atoms with Crippen molar-refractivity contribution in [2.24, 2.45) is 0 Å². The van der Waals surface area contributed by atoms with E-state index in [1.807, 2.05) is 53.8 Å². The van der Waals surface area contributed by atoms with Crippen LogP contribution in [0.4, 0.5) is 0 Å². The van der Waals surface area contributed by atoms with Crippen LogP contribution in [-0.2, 0) is 16.1 Å². The lowest BCUT2D eigenvalue weighted by Gasteiger charge is -2.33. The first-order valence-corrected chi connectivity index (χ1v) is 8.42. The van der Waals surface area contributed by atoms with Crippen molar-refractivity contribution in [3.05, 3.63) is 47.5 Å². The molecular formula is C18H24N4O2. The summed E-state index contributed by atoms with van der Waals surface area (Å²) < 4.78 is 7.54. The van der Waals surface area contributed by atoms with Gasteiger partial charge >= 0.3 is 0 Å². The van der Waals surface area contributed by atoms with Gasteiger partial charge in [-0.1, -0.05) is 30.3 Å². The summed E-state index contributed by atoms with van der Waals surface area (Å²) in [4.78, 5) is 18.7. The van der Waals surface area contributed by atoms with Crippen molar-refractivity contribution in [3.8, 4) is 0 Å². The molecule has 1 amide bonds. The highest BCUT2D eigenvalue weighted by Gasteiger charge is 2.26. The normalized spacial score (nSPS) is 17.9. The van der Waals surface area contributed by atoms with Crippen molar-refractivity contribution in [1.29, 1.82) is 0 Å². The first kappa shape index (κ1) is 16.6. The number of carbonyl (C=O) groups is 1. The van der Waals surface area contributed by atoms with Crippen molar-refractivity contribution in [2.45, 2.75) is 39.3 Å². The topological polar surface area (TPSA) is 60.2 Å². The lowest BCUT2D eigenvalue weighted by atomic mass is 10.1. The van der Waals surface area contributed by atoms with Crippen LogP contribution in [0.1, 0.15) is 36.1 Å². The van der Waals surface area contributed by atoms with Crippen LogP contribution in [-0.4, -0.2) is 45.3 Å². The number of nitrogens with zero attached hydrogens (tertiary/aromatic N) is 4. The predicted molar refractivity (Wildman–Crippen MR) is 90.4 cm³/mol. The van der Waals surface area contributed by atoms with Gasteiger partial charge in [-0.15, -0.1) is 0 Å². The van der Waals surface area contributed by atoms with Gasteiger partial charge in [0.05, 0.1) is 12.6 Å². The van der Waals surface area contributed by atoms with E-state index in [1.165, 1.54) is 0 Å². The highest BCUT2D eigenvalue weighted by molar-refractivity contribution is 5.77. The van der Waals surface area contributed by atoms with Crippen molar-refractivity contribution in [3.63, 3.8) is 0 Å². The Morgan fingerprint density at radius 3 is 2.79 bits per heavy atom. The molecular weight excluding hydrogens is 304 g/mol. The Morgan fingerprint density at radius 2 is 2.08 bits per heavy atom. The molecule has 1 saturated heterocycles. The third-order valence-corrected chi connectivity index (χ3v) is 4.34. The molecule has 0 unspecified atom stereocenters. The maximum absolute atomic E-state index is 12.4. The molecule has 1 atom stereocenters. The van der Waals surface area contributed by atoms with Crippen LogP contribution < -0.4 is 0 Å². The predicted octanol–water partition coefficient (Wildman–Crippen LogP) is 2.28. The maximum Gasteiger partial charge on any atom is 0.248 e. The number of aromatic nitrogens is 3. The van der Waals surface area contributed by atoms with E-state index in [-0.39, 0.29) is 18.6 Å². The number of hydrogen-bond donors (Lipinski definition) is 0. The smallest absolute Gasteiger partial charge is 0.248 e. The molecule has 1 aliphatic heterocycles. The molecule has 1 aromatic heterocycles. The highest BCUT2D eigenvalue weighted by Crippen LogP contribution is 2.22. The van der Waals surface area contributed by atoms with Crippen molar-refractivity contribution < 1.29 is 9.53 Å². The van der Waals surface area contributed by atoms with E-state index >= 15 is 0 Å². The Labute approximate surface area is 142 Å². The summed E-state index contributed by atoms with van der Waals surface area (Å²) in [5, 5.41) is 4.47. The number of amides is 1. The first-order valence-electron chi connectivity index (χ1n) is 8.42. The van der Waals surface area contributed by atoms with Gasteiger partial charge in [0.1, 0.15) is 18.3 Å². The highest BCUT2D eigenvalue weighted by atomic mass is 16.5. The quantitative estimate of drug-likeness (QED) is 0.845. The Balaban J connectivity index is 1.52. The van der Waals surface area contributed by atoms with Crippen LogP contribution >= 0.6 is 0 Å². The second-order valence-electron chi connectivity index (χ2n) is 6.27. The number of carbonyl (C=O) groups excluding carboxylic acids is 1. The van der Waals surface area contributed by atoms with E-state index in [9.17, 15) is 4.79 Å².